The van der Waals surface area contributed by atoms with E-state index in [9.17, 15) is 4.79 Å². The highest BCUT2D eigenvalue weighted by Gasteiger charge is 2.12. The van der Waals surface area contributed by atoms with Gasteiger partial charge in [-0.2, -0.15) is 0 Å². The van der Waals surface area contributed by atoms with E-state index in [2.05, 4.69) is 0 Å². The molecule has 0 radical (unpaired) electrons. The number of alkyl halides is 1. The molecule has 0 aromatic heterocycles. The molecule has 3 nitrogen and oxygen atoms in total. The van der Waals surface area contributed by atoms with Gasteiger partial charge in [-0.15, -0.1) is 11.6 Å². The third-order valence-electron chi connectivity index (χ3n) is 2.30. The molecule has 4 heteroatoms. The predicted octanol–water partition coefficient (Wildman–Crippen LogP) is 2.44. The van der Waals surface area contributed by atoms with Crippen LogP contribution in [0.5, 0.6) is 11.5 Å². The van der Waals surface area contributed by atoms with Gasteiger partial charge >= 0.3 is 0 Å². The van der Waals surface area contributed by atoms with Crippen molar-refractivity contribution in [1.82, 2.24) is 0 Å². The van der Waals surface area contributed by atoms with Crippen LogP contribution in [0.25, 0.3) is 0 Å². The first kappa shape index (κ1) is 12.8. The van der Waals surface area contributed by atoms with Crippen LogP contribution in [0.2, 0.25) is 0 Å². The van der Waals surface area contributed by atoms with Crippen LogP contribution in [0, 0.1) is 0 Å². The minimum absolute atomic E-state index is 0.0311. The van der Waals surface area contributed by atoms with Crippen molar-refractivity contribution >= 4 is 17.4 Å². The van der Waals surface area contributed by atoms with Crippen LogP contribution >= 0.6 is 11.6 Å². The molecule has 0 bridgehead atoms. The van der Waals surface area contributed by atoms with Crippen molar-refractivity contribution in [3.8, 4) is 11.5 Å². The molecule has 1 rings (SSSR count). The van der Waals surface area contributed by atoms with Crippen LogP contribution < -0.4 is 9.47 Å². The molecular formula is C12H15ClO3. The van der Waals surface area contributed by atoms with Gasteiger partial charge in [-0.3, -0.25) is 4.79 Å². The number of ether oxygens (including phenoxy) is 2. The fourth-order valence-electron chi connectivity index (χ4n) is 1.36. The van der Waals surface area contributed by atoms with E-state index in [0.717, 1.165) is 5.56 Å². The van der Waals surface area contributed by atoms with E-state index >= 15 is 0 Å². The monoisotopic (exact) mass is 242 g/mol. The molecule has 0 N–H and O–H groups in total. The summed E-state index contributed by atoms with van der Waals surface area (Å²) in [6.07, 6.45) is 0.497. The van der Waals surface area contributed by atoms with Crippen LogP contribution in [-0.4, -0.2) is 25.4 Å². The summed E-state index contributed by atoms with van der Waals surface area (Å²) < 4.78 is 10.3. The molecule has 0 saturated heterocycles. The lowest BCUT2D eigenvalue weighted by atomic mass is 10.1. The molecule has 1 aromatic carbocycles. The van der Waals surface area contributed by atoms with Crippen molar-refractivity contribution in [2.75, 3.05) is 14.2 Å². The van der Waals surface area contributed by atoms with E-state index in [4.69, 9.17) is 21.1 Å². The van der Waals surface area contributed by atoms with Crippen LogP contribution in [-0.2, 0) is 11.2 Å². The van der Waals surface area contributed by atoms with Crippen LogP contribution in [0.3, 0.4) is 0 Å². The molecule has 0 saturated carbocycles. The van der Waals surface area contributed by atoms with Crippen LogP contribution in [0.15, 0.2) is 18.2 Å². The molecule has 0 amide bonds. The number of hydrogen-bond donors (Lipinski definition) is 0. The molecule has 0 aliphatic heterocycles. The van der Waals surface area contributed by atoms with E-state index in [1.54, 1.807) is 20.3 Å². The van der Waals surface area contributed by atoms with Crippen molar-refractivity contribution in [2.45, 2.75) is 18.7 Å². The van der Waals surface area contributed by atoms with Crippen molar-refractivity contribution in [2.24, 2.45) is 0 Å². The molecule has 16 heavy (non-hydrogen) atoms. The smallest absolute Gasteiger partial charge is 0.160 e. The lowest BCUT2D eigenvalue weighted by Gasteiger charge is -2.10. The van der Waals surface area contributed by atoms with E-state index in [-0.39, 0.29) is 5.78 Å². The zero-order chi connectivity index (χ0) is 12.1. The predicted molar refractivity (Wildman–Crippen MR) is 63.6 cm³/mol. The molecule has 0 aliphatic carbocycles. The van der Waals surface area contributed by atoms with Gasteiger partial charge in [-0.05, 0) is 31.0 Å². The van der Waals surface area contributed by atoms with Gasteiger partial charge in [-0.25, -0.2) is 0 Å². The number of carbonyl (C=O) groups excluding carboxylic acids is 1. The molecule has 0 aliphatic rings. The third-order valence-corrected chi connectivity index (χ3v) is 2.77. The quantitative estimate of drug-likeness (QED) is 0.744. The first-order valence-electron chi connectivity index (χ1n) is 4.94. The van der Waals surface area contributed by atoms with E-state index in [0.29, 0.717) is 17.9 Å². The average Bonchev–Trinajstić information content (AvgIpc) is 2.28. The van der Waals surface area contributed by atoms with E-state index < -0.39 is 5.38 Å². The Kier molecular flexibility index (Phi) is 4.62. The maximum Gasteiger partial charge on any atom is 0.160 e. The summed E-state index contributed by atoms with van der Waals surface area (Å²) in [5, 5.41) is -0.488. The standard InChI is InChI=1S/C12H15ClO3/c1-8(14)10(13)6-9-4-5-11(15-2)12(7-9)16-3/h4-5,7,10H,6H2,1-3H3. The van der Waals surface area contributed by atoms with Gasteiger partial charge in [0.15, 0.2) is 11.5 Å². The summed E-state index contributed by atoms with van der Waals surface area (Å²) in [5.74, 6) is 1.28. The molecule has 0 heterocycles. The number of hydrogen-bond acceptors (Lipinski definition) is 3. The summed E-state index contributed by atoms with van der Waals surface area (Å²) in [4.78, 5) is 11.0. The first-order chi connectivity index (χ1) is 7.58. The number of halogens is 1. The Morgan fingerprint density at radius 2 is 1.94 bits per heavy atom. The Bertz CT molecular complexity index is 377. The number of Topliss-reactive ketones (excluding diaryl/α,β-unsaturated/α-hetero) is 1. The largest absolute Gasteiger partial charge is 0.493 e. The molecule has 0 fully saturated rings. The average molecular weight is 243 g/mol. The minimum atomic E-state index is -0.488. The number of ketones is 1. The lowest BCUT2D eigenvalue weighted by molar-refractivity contribution is -0.116. The summed E-state index contributed by atoms with van der Waals surface area (Å²) in [7, 11) is 3.15. The number of carbonyl (C=O) groups is 1. The van der Waals surface area contributed by atoms with Crippen molar-refractivity contribution in [3.05, 3.63) is 23.8 Å². The fraction of sp³-hybridized carbons (Fsp3) is 0.417. The second-order valence-corrected chi connectivity index (χ2v) is 4.00. The Hall–Kier alpha value is -1.22. The number of rotatable bonds is 5. The summed E-state index contributed by atoms with van der Waals surface area (Å²) in [5.41, 5.74) is 0.952. The molecule has 1 atom stereocenters. The SMILES string of the molecule is COc1ccc(CC(Cl)C(C)=O)cc1OC. The Balaban J connectivity index is 2.86. The zero-order valence-electron chi connectivity index (χ0n) is 9.62. The lowest BCUT2D eigenvalue weighted by Crippen LogP contribution is -2.13. The minimum Gasteiger partial charge on any atom is -0.493 e. The van der Waals surface area contributed by atoms with Gasteiger partial charge in [0.05, 0.1) is 19.6 Å². The first-order valence-corrected chi connectivity index (χ1v) is 5.37. The van der Waals surface area contributed by atoms with Gasteiger partial charge < -0.3 is 9.47 Å². The third kappa shape index (κ3) is 3.14. The van der Waals surface area contributed by atoms with Gasteiger partial charge in [0.2, 0.25) is 0 Å². The van der Waals surface area contributed by atoms with Gasteiger partial charge in [-0.1, -0.05) is 6.07 Å². The van der Waals surface area contributed by atoms with Crippen molar-refractivity contribution < 1.29 is 14.3 Å². The zero-order valence-corrected chi connectivity index (χ0v) is 10.4. The summed E-state index contributed by atoms with van der Waals surface area (Å²) in [6, 6.07) is 5.51. The molecular weight excluding hydrogens is 228 g/mol. The van der Waals surface area contributed by atoms with Crippen molar-refractivity contribution in [1.29, 1.82) is 0 Å². The Labute approximate surface area is 100 Å². The molecule has 88 valence electrons. The highest BCUT2D eigenvalue weighted by molar-refractivity contribution is 6.30. The maximum absolute atomic E-state index is 11.0. The second kappa shape index (κ2) is 5.75. The topological polar surface area (TPSA) is 35.5 Å². The fourth-order valence-corrected chi connectivity index (χ4v) is 1.54. The van der Waals surface area contributed by atoms with Crippen LogP contribution in [0.4, 0.5) is 0 Å². The maximum atomic E-state index is 11.0. The van der Waals surface area contributed by atoms with Crippen molar-refractivity contribution in [3.63, 3.8) is 0 Å². The molecule has 0 spiro atoms. The molecule has 1 aromatic rings. The van der Waals surface area contributed by atoms with Crippen LogP contribution in [0.1, 0.15) is 12.5 Å². The van der Waals surface area contributed by atoms with E-state index in [1.165, 1.54) is 6.92 Å². The van der Waals surface area contributed by atoms with Gasteiger partial charge in [0, 0.05) is 0 Å². The Morgan fingerprint density at radius 3 is 2.44 bits per heavy atom. The highest BCUT2D eigenvalue weighted by Crippen LogP contribution is 2.28. The van der Waals surface area contributed by atoms with Gasteiger partial charge in [0.1, 0.15) is 5.78 Å². The number of methoxy groups -OCH3 is 2. The second-order valence-electron chi connectivity index (χ2n) is 3.47. The normalized spacial score (nSPS) is 12.0. The summed E-state index contributed by atoms with van der Waals surface area (Å²) >= 11 is 5.90. The Morgan fingerprint density at radius 1 is 1.31 bits per heavy atom. The highest BCUT2D eigenvalue weighted by atomic mass is 35.5. The molecule has 1 unspecified atom stereocenters. The van der Waals surface area contributed by atoms with Gasteiger partial charge in [0.25, 0.3) is 0 Å². The summed E-state index contributed by atoms with van der Waals surface area (Å²) in [6.45, 7) is 1.48. The number of benzene rings is 1. The van der Waals surface area contributed by atoms with E-state index in [1.807, 2.05) is 12.1 Å².